The van der Waals surface area contributed by atoms with Gasteiger partial charge >= 0.3 is 0 Å². The lowest BCUT2D eigenvalue weighted by atomic mass is 10.4. The van der Waals surface area contributed by atoms with Crippen LogP contribution < -0.4 is 0 Å². The molecule has 0 aliphatic rings. The molecule has 0 spiro atoms. The minimum absolute atomic E-state index is 0.124. The molecule has 0 bridgehead atoms. The second-order valence-corrected chi connectivity index (χ2v) is 5.51. The molecule has 1 aromatic rings. The Balaban J connectivity index is 2.85. The summed E-state index contributed by atoms with van der Waals surface area (Å²) in [5, 5.41) is 0. The zero-order valence-electron chi connectivity index (χ0n) is 7.41. The molecule has 1 rings (SSSR count). The average Bonchev–Trinajstić information content (AvgIpc) is 2.18. The fraction of sp³-hybridized carbons (Fsp3) is 0.111. The lowest BCUT2D eigenvalue weighted by Crippen LogP contribution is -2.06. The van der Waals surface area contributed by atoms with Crippen LogP contribution in [0.15, 0.2) is 33.6 Å². The first-order valence-corrected chi connectivity index (χ1v) is 7.08. The molecule has 0 atom stereocenters. The summed E-state index contributed by atoms with van der Waals surface area (Å²) < 4.78 is 31.0. The van der Waals surface area contributed by atoms with Crippen molar-refractivity contribution in [1.82, 2.24) is 0 Å². The SMILES string of the molecule is O=S(=O)(OCC#CI)c1ccc(Br)cc1. The van der Waals surface area contributed by atoms with Crippen LogP contribution in [0.3, 0.4) is 0 Å². The first-order chi connectivity index (χ1) is 7.06. The molecule has 6 heteroatoms. The van der Waals surface area contributed by atoms with Crippen LogP contribution in [0.1, 0.15) is 0 Å². The van der Waals surface area contributed by atoms with E-state index in [1.165, 1.54) is 12.1 Å². The summed E-state index contributed by atoms with van der Waals surface area (Å²) in [7, 11) is -3.68. The Morgan fingerprint density at radius 1 is 1.33 bits per heavy atom. The fourth-order valence-electron chi connectivity index (χ4n) is 0.804. The molecule has 0 heterocycles. The van der Waals surface area contributed by atoms with Crippen LogP contribution in [0.5, 0.6) is 0 Å². The van der Waals surface area contributed by atoms with Gasteiger partial charge in [0, 0.05) is 27.1 Å². The van der Waals surface area contributed by atoms with Crippen LogP contribution in [-0.2, 0) is 14.3 Å². The van der Waals surface area contributed by atoms with Gasteiger partial charge in [-0.3, -0.25) is 4.18 Å². The summed E-state index contributed by atoms with van der Waals surface area (Å²) in [5.74, 6) is 2.51. The van der Waals surface area contributed by atoms with Gasteiger partial charge in [0.25, 0.3) is 10.1 Å². The Bertz CT molecular complexity index is 484. The van der Waals surface area contributed by atoms with Gasteiger partial charge in [0.15, 0.2) is 0 Å². The van der Waals surface area contributed by atoms with Gasteiger partial charge < -0.3 is 0 Å². The Morgan fingerprint density at radius 3 is 2.47 bits per heavy atom. The molecular weight excluding hydrogens is 395 g/mol. The first kappa shape index (κ1) is 13.0. The lowest BCUT2D eigenvalue weighted by molar-refractivity contribution is 0.363. The van der Waals surface area contributed by atoms with Gasteiger partial charge in [-0.25, -0.2) is 0 Å². The van der Waals surface area contributed by atoms with Gasteiger partial charge in [0.05, 0.1) is 4.90 Å². The van der Waals surface area contributed by atoms with Crippen LogP contribution >= 0.6 is 38.5 Å². The highest BCUT2D eigenvalue weighted by molar-refractivity contribution is 14.1. The van der Waals surface area contributed by atoms with Crippen molar-refractivity contribution in [3.05, 3.63) is 28.7 Å². The van der Waals surface area contributed by atoms with Gasteiger partial charge in [0.2, 0.25) is 0 Å². The van der Waals surface area contributed by atoms with Crippen LogP contribution in [0.4, 0.5) is 0 Å². The summed E-state index contributed by atoms with van der Waals surface area (Å²) >= 11 is 5.03. The highest BCUT2D eigenvalue weighted by Crippen LogP contribution is 2.16. The molecule has 0 saturated heterocycles. The maximum Gasteiger partial charge on any atom is 0.297 e. The van der Waals surface area contributed by atoms with Crippen LogP contribution in [0.25, 0.3) is 0 Å². The first-order valence-electron chi connectivity index (χ1n) is 3.80. The van der Waals surface area contributed by atoms with Crippen LogP contribution in [-0.4, -0.2) is 15.0 Å². The Kier molecular flexibility index (Phi) is 5.05. The molecule has 3 nitrogen and oxygen atoms in total. The van der Waals surface area contributed by atoms with Crippen LogP contribution in [0, 0.1) is 9.85 Å². The molecule has 15 heavy (non-hydrogen) atoms. The average molecular weight is 401 g/mol. The summed E-state index contributed by atoms with van der Waals surface area (Å²) in [5.41, 5.74) is 0. The van der Waals surface area contributed by atoms with E-state index in [1.54, 1.807) is 12.1 Å². The summed E-state index contributed by atoms with van der Waals surface area (Å²) in [4.78, 5) is 0.126. The van der Waals surface area contributed by atoms with Crippen LogP contribution in [0.2, 0.25) is 0 Å². The van der Waals surface area contributed by atoms with Gasteiger partial charge in [-0.15, -0.1) is 0 Å². The molecule has 0 radical (unpaired) electrons. The van der Waals surface area contributed by atoms with Crippen molar-refractivity contribution in [2.24, 2.45) is 0 Å². The number of benzene rings is 1. The monoisotopic (exact) mass is 400 g/mol. The van der Waals surface area contributed by atoms with Crippen molar-refractivity contribution in [3.63, 3.8) is 0 Å². The third kappa shape index (κ3) is 4.10. The largest absolute Gasteiger partial charge is 0.297 e. The second kappa shape index (κ2) is 5.84. The second-order valence-electron chi connectivity index (χ2n) is 2.44. The zero-order chi connectivity index (χ0) is 11.3. The fourth-order valence-corrected chi connectivity index (χ4v) is 2.04. The van der Waals surface area contributed by atoms with E-state index < -0.39 is 10.1 Å². The van der Waals surface area contributed by atoms with Crippen molar-refractivity contribution in [1.29, 1.82) is 0 Å². The van der Waals surface area contributed by atoms with E-state index in [0.29, 0.717) is 0 Å². The normalized spacial score (nSPS) is 10.5. The Labute approximate surface area is 111 Å². The maximum absolute atomic E-state index is 11.5. The van der Waals surface area contributed by atoms with Gasteiger partial charge in [-0.05, 0) is 28.2 Å². The van der Waals surface area contributed by atoms with Crippen molar-refractivity contribution in [3.8, 4) is 9.85 Å². The van der Waals surface area contributed by atoms with Gasteiger partial charge in [0.1, 0.15) is 6.61 Å². The smallest absolute Gasteiger partial charge is 0.253 e. The predicted octanol–water partition coefficient (Wildman–Crippen LogP) is 2.55. The third-order valence-electron chi connectivity index (χ3n) is 1.46. The van der Waals surface area contributed by atoms with Crippen molar-refractivity contribution >= 4 is 48.6 Å². The lowest BCUT2D eigenvalue weighted by Gasteiger charge is -2.02. The highest BCUT2D eigenvalue weighted by Gasteiger charge is 2.13. The standard InChI is InChI=1S/C9H6BrIO3S/c10-8-2-4-9(5-3-8)15(12,13)14-7-1-6-11/h2-5H,7H2. The van der Waals surface area contributed by atoms with E-state index in [2.05, 4.69) is 30.0 Å². The zero-order valence-corrected chi connectivity index (χ0v) is 12.0. The maximum atomic E-state index is 11.5. The van der Waals surface area contributed by atoms with E-state index in [0.717, 1.165) is 4.47 Å². The van der Waals surface area contributed by atoms with E-state index in [4.69, 9.17) is 0 Å². The van der Waals surface area contributed by atoms with E-state index in [9.17, 15) is 8.42 Å². The van der Waals surface area contributed by atoms with Gasteiger partial charge in [-0.2, -0.15) is 8.42 Å². The summed E-state index contributed by atoms with van der Waals surface area (Å²) in [6, 6.07) is 6.22. The number of hydrogen-bond acceptors (Lipinski definition) is 3. The summed E-state index contributed by atoms with van der Waals surface area (Å²) in [6.07, 6.45) is 0. The quantitative estimate of drug-likeness (QED) is 0.445. The molecule has 0 fully saturated rings. The molecule has 1 aromatic carbocycles. The molecule has 0 saturated carbocycles. The van der Waals surface area contributed by atoms with Crippen molar-refractivity contribution < 1.29 is 12.6 Å². The minimum atomic E-state index is -3.68. The van der Waals surface area contributed by atoms with Gasteiger partial charge in [-0.1, -0.05) is 21.9 Å². The molecule has 0 amide bonds. The third-order valence-corrected chi connectivity index (χ3v) is 3.64. The minimum Gasteiger partial charge on any atom is -0.253 e. The molecule has 0 aliphatic heterocycles. The summed E-state index contributed by atoms with van der Waals surface area (Å²) in [6.45, 7) is -0.124. The number of hydrogen-bond donors (Lipinski definition) is 0. The molecule has 0 aromatic heterocycles. The molecule has 80 valence electrons. The molecule has 0 N–H and O–H groups in total. The predicted molar refractivity (Wildman–Crippen MR) is 69.1 cm³/mol. The van der Waals surface area contributed by atoms with E-state index >= 15 is 0 Å². The van der Waals surface area contributed by atoms with Crippen molar-refractivity contribution in [2.45, 2.75) is 4.90 Å². The number of rotatable bonds is 3. The van der Waals surface area contributed by atoms with Crippen molar-refractivity contribution in [2.75, 3.05) is 6.61 Å². The Morgan fingerprint density at radius 2 is 1.93 bits per heavy atom. The van der Waals surface area contributed by atoms with E-state index in [-0.39, 0.29) is 11.5 Å². The molecule has 0 unspecified atom stereocenters. The van der Waals surface area contributed by atoms with E-state index in [1.807, 2.05) is 22.6 Å². The Hall–Kier alpha value is -0.100. The highest BCUT2D eigenvalue weighted by atomic mass is 127. The topological polar surface area (TPSA) is 43.4 Å². The number of halogens is 2. The molecular formula is C9H6BrIO3S. The molecule has 0 aliphatic carbocycles.